The summed E-state index contributed by atoms with van der Waals surface area (Å²) in [5.74, 6) is -1.52. The van der Waals surface area contributed by atoms with Gasteiger partial charge in [-0.2, -0.15) is 0 Å². The van der Waals surface area contributed by atoms with Crippen molar-refractivity contribution in [3.8, 4) is 0 Å². The van der Waals surface area contributed by atoms with Gasteiger partial charge in [0, 0.05) is 12.7 Å². The second kappa shape index (κ2) is 7.44. The third kappa shape index (κ3) is 4.51. The first-order valence-electron chi connectivity index (χ1n) is 5.86. The predicted molar refractivity (Wildman–Crippen MR) is 71.3 cm³/mol. The van der Waals surface area contributed by atoms with Gasteiger partial charge in [-0.05, 0) is 26.0 Å². The first-order chi connectivity index (χ1) is 9.45. The Balaban J connectivity index is 2.60. The van der Waals surface area contributed by atoms with Gasteiger partial charge in [0.15, 0.2) is 6.10 Å². The van der Waals surface area contributed by atoms with E-state index >= 15 is 0 Å². The number of pyridine rings is 1. The molecule has 0 aromatic carbocycles. The number of nitrogens with one attached hydrogen (secondary N) is 2. The molecule has 20 heavy (non-hydrogen) atoms. The molecule has 0 saturated heterocycles. The second-order valence-electron chi connectivity index (χ2n) is 3.74. The lowest BCUT2D eigenvalue weighted by atomic mass is 10.3. The normalized spacial score (nSPS) is 11.3. The van der Waals surface area contributed by atoms with E-state index in [4.69, 9.17) is 16.3 Å². The molecule has 8 heteroatoms. The highest BCUT2D eigenvalue weighted by Crippen LogP contribution is 2.13. The van der Waals surface area contributed by atoms with Gasteiger partial charge in [0.1, 0.15) is 5.15 Å². The van der Waals surface area contributed by atoms with Gasteiger partial charge in [0.25, 0.3) is 5.91 Å². The van der Waals surface area contributed by atoms with Crippen molar-refractivity contribution in [2.45, 2.75) is 20.0 Å². The Bertz CT molecular complexity index is 521. The van der Waals surface area contributed by atoms with Gasteiger partial charge in [-0.25, -0.2) is 14.6 Å². The highest BCUT2D eigenvalue weighted by molar-refractivity contribution is 6.32. The number of imide groups is 1. The number of hydrogen-bond donors (Lipinski definition) is 2. The van der Waals surface area contributed by atoms with Gasteiger partial charge < -0.3 is 10.1 Å². The van der Waals surface area contributed by atoms with Gasteiger partial charge in [0.05, 0.1) is 5.56 Å². The minimum atomic E-state index is -1.14. The van der Waals surface area contributed by atoms with Crippen molar-refractivity contribution in [2.75, 3.05) is 6.54 Å². The van der Waals surface area contributed by atoms with Crippen LogP contribution in [0.2, 0.25) is 5.15 Å². The summed E-state index contributed by atoms with van der Waals surface area (Å²) >= 11 is 5.73. The molecular formula is C12H14ClN3O4. The maximum Gasteiger partial charge on any atom is 0.342 e. The van der Waals surface area contributed by atoms with Crippen molar-refractivity contribution >= 4 is 29.5 Å². The second-order valence-corrected chi connectivity index (χ2v) is 4.10. The van der Waals surface area contributed by atoms with Crippen LogP contribution in [0.3, 0.4) is 0 Å². The predicted octanol–water partition coefficient (Wildman–Crippen LogP) is 1.13. The van der Waals surface area contributed by atoms with Crippen molar-refractivity contribution < 1.29 is 19.1 Å². The summed E-state index contributed by atoms with van der Waals surface area (Å²) in [6.45, 7) is 3.42. The number of hydrogen-bond acceptors (Lipinski definition) is 5. The first-order valence-corrected chi connectivity index (χ1v) is 6.23. The van der Waals surface area contributed by atoms with Crippen LogP contribution in [0, 0.1) is 0 Å². The molecule has 3 amide bonds. The number of nitrogens with zero attached hydrogens (tertiary/aromatic N) is 1. The van der Waals surface area contributed by atoms with E-state index in [0.29, 0.717) is 6.54 Å². The zero-order chi connectivity index (χ0) is 15.1. The smallest absolute Gasteiger partial charge is 0.342 e. The largest absolute Gasteiger partial charge is 0.449 e. The highest BCUT2D eigenvalue weighted by Gasteiger charge is 2.22. The van der Waals surface area contributed by atoms with E-state index in [0.717, 1.165) is 0 Å². The molecular weight excluding hydrogens is 286 g/mol. The molecule has 1 atom stereocenters. The van der Waals surface area contributed by atoms with Crippen LogP contribution in [0.5, 0.6) is 0 Å². The monoisotopic (exact) mass is 299 g/mol. The van der Waals surface area contributed by atoms with Gasteiger partial charge >= 0.3 is 12.0 Å². The van der Waals surface area contributed by atoms with Gasteiger partial charge in [0.2, 0.25) is 0 Å². The van der Waals surface area contributed by atoms with E-state index in [1.54, 1.807) is 6.92 Å². The lowest BCUT2D eigenvalue weighted by Gasteiger charge is -2.13. The van der Waals surface area contributed by atoms with E-state index in [-0.39, 0.29) is 10.7 Å². The van der Waals surface area contributed by atoms with Crippen LogP contribution in [0.1, 0.15) is 24.2 Å². The number of carbonyl (C=O) groups is 3. The quantitative estimate of drug-likeness (QED) is 0.641. The molecule has 0 fully saturated rings. The molecule has 1 rings (SSSR count). The molecule has 0 unspecified atom stereocenters. The highest BCUT2D eigenvalue weighted by atomic mass is 35.5. The minimum Gasteiger partial charge on any atom is -0.449 e. The summed E-state index contributed by atoms with van der Waals surface area (Å²) in [5, 5.41) is 4.40. The first kappa shape index (κ1) is 15.9. The average molecular weight is 300 g/mol. The van der Waals surface area contributed by atoms with Crippen LogP contribution in [-0.4, -0.2) is 35.5 Å². The SMILES string of the molecule is CCNC(=O)NC(=O)[C@H](C)OC(=O)c1cccnc1Cl. The lowest BCUT2D eigenvalue weighted by Crippen LogP contribution is -2.44. The molecule has 0 aliphatic heterocycles. The van der Waals surface area contributed by atoms with Crippen LogP contribution in [0.15, 0.2) is 18.3 Å². The Morgan fingerprint density at radius 2 is 2.15 bits per heavy atom. The van der Waals surface area contributed by atoms with Crippen molar-refractivity contribution in [3.63, 3.8) is 0 Å². The summed E-state index contributed by atoms with van der Waals surface area (Å²) in [7, 11) is 0. The Morgan fingerprint density at radius 3 is 2.75 bits per heavy atom. The number of amides is 3. The number of halogens is 1. The summed E-state index contributed by atoms with van der Waals surface area (Å²) < 4.78 is 4.90. The van der Waals surface area contributed by atoms with E-state index in [9.17, 15) is 14.4 Å². The molecule has 0 radical (unpaired) electrons. The third-order valence-electron chi connectivity index (χ3n) is 2.21. The number of esters is 1. The fourth-order valence-corrected chi connectivity index (χ4v) is 1.43. The van der Waals surface area contributed by atoms with E-state index < -0.39 is 24.0 Å². The van der Waals surface area contributed by atoms with Gasteiger partial charge in [-0.1, -0.05) is 11.6 Å². The number of ether oxygens (including phenoxy) is 1. The molecule has 2 N–H and O–H groups in total. The molecule has 0 bridgehead atoms. The zero-order valence-electron chi connectivity index (χ0n) is 11.0. The fraction of sp³-hybridized carbons (Fsp3) is 0.333. The number of urea groups is 1. The molecule has 1 aromatic heterocycles. The van der Waals surface area contributed by atoms with Gasteiger partial charge in [-0.3, -0.25) is 10.1 Å². The van der Waals surface area contributed by atoms with Crippen LogP contribution >= 0.6 is 11.6 Å². The summed E-state index contributed by atoms with van der Waals surface area (Å²) in [5.41, 5.74) is 0.0480. The third-order valence-corrected chi connectivity index (χ3v) is 2.51. The summed E-state index contributed by atoms with van der Waals surface area (Å²) in [6.07, 6.45) is 0.283. The van der Waals surface area contributed by atoms with Crippen molar-refractivity contribution in [1.29, 1.82) is 0 Å². The van der Waals surface area contributed by atoms with Crippen molar-refractivity contribution in [3.05, 3.63) is 29.0 Å². The maximum absolute atomic E-state index is 11.8. The van der Waals surface area contributed by atoms with Gasteiger partial charge in [-0.15, -0.1) is 0 Å². The number of carbonyl (C=O) groups excluding carboxylic acids is 3. The minimum absolute atomic E-state index is 0.0196. The van der Waals surface area contributed by atoms with Crippen LogP contribution in [-0.2, 0) is 9.53 Å². The van der Waals surface area contributed by atoms with E-state index in [2.05, 4.69) is 10.3 Å². The molecule has 0 saturated carbocycles. The van der Waals surface area contributed by atoms with Crippen molar-refractivity contribution in [1.82, 2.24) is 15.6 Å². The maximum atomic E-state index is 11.8. The molecule has 0 spiro atoms. The Labute approximate surface area is 120 Å². The molecule has 1 aromatic rings. The molecule has 7 nitrogen and oxygen atoms in total. The molecule has 108 valence electrons. The Morgan fingerprint density at radius 1 is 1.45 bits per heavy atom. The van der Waals surface area contributed by atoms with Crippen LogP contribution in [0.25, 0.3) is 0 Å². The topological polar surface area (TPSA) is 97.4 Å². The average Bonchev–Trinajstić information content (AvgIpc) is 2.39. The number of aromatic nitrogens is 1. The Hall–Kier alpha value is -2.15. The van der Waals surface area contributed by atoms with Crippen LogP contribution in [0.4, 0.5) is 4.79 Å². The fourth-order valence-electron chi connectivity index (χ4n) is 1.23. The number of rotatable bonds is 4. The van der Waals surface area contributed by atoms with Crippen molar-refractivity contribution in [2.24, 2.45) is 0 Å². The van der Waals surface area contributed by atoms with E-state index in [1.165, 1.54) is 25.3 Å². The zero-order valence-corrected chi connectivity index (χ0v) is 11.7. The molecule has 1 heterocycles. The Kier molecular flexibility index (Phi) is 5.92. The standard InChI is InChI=1S/C12H14ClN3O4/c1-3-14-12(19)16-10(17)7(2)20-11(18)8-5-4-6-15-9(8)13/h4-7H,3H2,1-2H3,(H2,14,16,17,19)/t7-/m0/s1. The summed E-state index contributed by atoms with van der Waals surface area (Å²) in [6, 6.07) is 2.29. The van der Waals surface area contributed by atoms with Crippen LogP contribution < -0.4 is 10.6 Å². The summed E-state index contributed by atoms with van der Waals surface area (Å²) in [4.78, 5) is 38.2. The molecule has 0 aliphatic carbocycles. The molecule has 0 aliphatic rings. The van der Waals surface area contributed by atoms with E-state index in [1.807, 2.05) is 5.32 Å². The lowest BCUT2D eigenvalue weighted by molar-refractivity contribution is -0.127.